The maximum Gasteiger partial charge on any atom is 0.148 e. The molecule has 1 aromatic heterocycles. The summed E-state index contributed by atoms with van der Waals surface area (Å²) in [7, 11) is 1.62. The van der Waals surface area contributed by atoms with Crippen molar-refractivity contribution < 1.29 is 4.74 Å². The van der Waals surface area contributed by atoms with E-state index in [0.29, 0.717) is 11.4 Å². The average Bonchev–Trinajstić information content (AvgIpc) is 2.41. The number of aromatic nitrogens is 1. The van der Waals surface area contributed by atoms with Crippen molar-refractivity contribution in [2.75, 3.05) is 12.4 Å². The van der Waals surface area contributed by atoms with E-state index in [1.807, 2.05) is 24.3 Å². The van der Waals surface area contributed by atoms with Gasteiger partial charge in [-0.1, -0.05) is 0 Å². The molecule has 1 N–H and O–H groups in total. The number of nitrogens with zero attached hydrogens (tertiary/aromatic N) is 2. The van der Waals surface area contributed by atoms with Crippen LogP contribution in [0.1, 0.15) is 5.56 Å². The van der Waals surface area contributed by atoms with Crippen molar-refractivity contribution in [3.05, 3.63) is 46.6 Å². The molecule has 1 aromatic carbocycles. The Morgan fingerprint density at radius 1 is 1.33 bits per heavy atom. The highest BCUT2D eigenvalue weighted by molar-refractivity contribution is 9.10. The van der Waals surface area contributed by atoms with E-state index in [4.69, 9.17) is 10.00 Å². The highest BCUT2D eigenvalue weighted by atomic mass is 79.9. The Morgan fingerprint density at radius 2 is 2.06 bits per heavy atom. The summed E-state index contributed by atoms with van der Waals surface area (Å²) < 4.78 is 5.86. The normalized spacial score (nSPS) is 9.61. The van der Waals surface area contributed by atoms with E-state index in [0.717, 1.165) is 15.9 Å². The predicted octanol–water partition coefficient (Wildman–Crippen LogP) is 3.47. The number of benzene rings is 1. The van der Waals surface area contributed by atoms with Crippen LogP contribution in [0.25, 0.3) is 0 Å². The van der Waals surface area contributed by atoms with E-state index in [-0.39, 0.29) is 0 Å². The third-order valence-electron chi connectivity index (χ3n) is 2.33. The largest absolute Gasteiger partial charge is 0.497 e. The molecule has 0 fully saturated rings. The monoisotopic (exact) mass is 303 g/mol. The van der Waals surface area contributed by atoms with E-state index >= 15 is 0 Å². The molecule has 0 saturated heterocycles. The molecule has 1 heterocycles. The van der Waals surface area contributed by atoms with E-state index in [2.05, 4.69) is 32.3 Å². The molecule has 18 heavy (non-hydrogen) atoms. The molecule has 0 aliphatic rings. The van der Waals surface area contributed by atoms with Crippen molar-refractivity contribution in [2.24, 2.45) is 0 Å². The first kappa shape index (κ1) is 12.4. The predicted molar refractivity (Wildman–Crippen MR) is 72.9 cm³/mol. The summed E-state index contributed by atoms with van der Waals surface area (Å²) in [6.07, 6.45) is 1.65. The van der Waals surface area contributed by atoms with Gasteiger partial charge in [0, 0.05) is 16.4 Å². The third kappa shape index (κ3) is 2.79. The Kier molecular flexibility index (Phi) is 3.80. The topological polar surface area (TPSA) is 57.9 Å². The Hall–Kier alpha value is -2.06. The minimum atomic E-state index is 0.486. The molecule has 0 saturated carbocycles. The van der Waals surface area contributed by atoms with Gasteiger partial charge >= 0.3 is 0 Å². The van der Waals surface area contributed by atoms with E-state index in [1.54, 1.807) is 19.4 Å². The van der Waals surface area contributed by atoms with Crippen molar-refractivity contribution in [3.8, 4) is 11.8 Å². The van der Waals surface area contributed by atoms with Crippen LogP contribution in [-0.2, 0) is 0 Å². The fourth-order valence-corrected chi connectivity index (χ4v) is 1.77. The molecule has 4 nitrogen and oxygen atoms in total. The number of rotatable bonds is 3. The van der Waals surface area contributed by atoms with Crippen LogP contribution in [-0.4, -0.2) is 12.1 Å². The second-order valence-corrected chi connectivity index (χ2v) is 4.43. The molecule has 0 amide bonds. The number of ether oxygens (including phenoxy) is 1. The molecular formula is C13H10BrN3O. The number of nitrogens with one attached hydrogen (secondary N) is 1. The maximum absolute atomic E-state index is 9.03. The summed E-state index contributed by atoms with van der Waals surface area (Å²) in [5.41, 5.74) is 1.34. The lowest BCUT2D eigenvalue weighted by Crippen LogP contribution is -1.96. The summed E-state index contributed by atoms with van der Waals surface area (Å²) in [5, 5.41) is 12.1. The summed E-state index contributed by atoms with van der Waals surface area (Å²) in [6, 6.07) is 11.2. The number of halogens is 1. The lowest BCUT2D eigenvalue weighted by Gasteiger charge is -2.08. The van der Waals surface area contributed by atoms with Gasteiger partial charge in [-0.2, -0.15) is 5.26 Å². The van der Waals surface area contributed by atoms with E-state index in [1.165, 1.54) is 0 Å². The number of pyridine rings is 1. The van der Waals surface area contributed by atoms with Gasteiger partial charge in [-0.25, -0.2) is 4.98 Å². The van der Waals surface area contributed by atoms with E-state index < -0.39 is 0 Å². The van der Waals surface area contributed by atoms with Crippen molar-refractivity contribution in [1.82, 2.24) is 4.98 Å². The Morgan fingerprint density at radius 3 is 2.67 bits per heavy atom. The molecule has 5 heteroatoms. The Balaban J connectivity index is 2.25. The van der Waals surface area contributed by atoms with Gasteiger partial charge in [0.15, 0.2) is 0 Å². The first-order chi connectivity index (χ1) is 8.72. The molecule has 0 spiro atoms. The smallest absolute Gasteiger partial charge is 0.148 e. The number of nitriles is 1. The van der Waals surface area contributed by atoms with Gasteiger partial charge in [0.2, 0.25) is 0 Å². The number of anilines is 2. The van der Waals surface area contributed by atoms with Crippen LogP contribution in [0, 0.1) is 11.3 Å². The lowest BCUT2D eigenvalue weighted by atomic mass is 10.2. The van der Waals surface area contributed by atoms with Crippen LogP contribution < -0.4 is 10.1 Å². The van der Waals surface area contributed by atoms with Gasteiger partial charge in [0.25, 0.3) is 0 Å². The van der Waals surface area contributed by atoms with Crippen molar-refractivity contribution in [2.45, 2.75) is 0 Å². The summed E-state index contributed by atoms with van der Waals surface area (Å²) >= 11 is 3.28. The molecule has 0 radical (unpaired) electrons. The molecule has 90 valence electrons. The Bertz CT molecular complexity index is 590. The highest BCUT2D eigenvalue weighted by Crippen LogP contribution is 2.22. The third-order valence-corrected chi connectivity index (χ3v) is 2.76. The molecule has 0 aliphatic carbocycles. The molecular weight excluding hydrogens is 294 g/mol. The van der Waals surface area contributed by atoms with Crippen molar-refractivity contribution in [3.63, 3.8) is 0 Å². The van der Waals surface area contributed by atoms with Gasteiger partial charge in [-0.3, -0.25) is 0 Å². The van der Waals surface area contributed by atoms with Crippen LogP contribution in [0.4, 0.5) is 11.5 Å². The number of hydrogen-bond donors (Lipinski definition) is 1. The molecule has 2 rings (SSSR count). The van der Waals surface area contributed by atoms with Gasteiger partial charge in [-0.05, 0) is 46.3 Å². The highest BCUT2D eigenvalue weighted by Gasteiger charge is 2.04. The zero-order chi connectivity index (χ0) is 13.0. The minimum absolute atomic E-state index is 0.486. The minimum Gasteiger partial charge on any atom is -0.497 e. The quantitative estimate of drug-likeness (QED) is 0.943. The van der Waals surface area contributed by atoms with Crippen LogP contribution >= 0.6 is 15.9 Å². The second-order valence-electron chi connectivity index (χ2n) is 3.52. The van der Waals surface area contributed by atoms with Crippen LogP contribution in [0.2, 0.25) is 0 Å². The standard InChI is InChI=1S/C13H10BrN3O/c1-18-12-4-2-11(3-5-12)17-13-9(7-15)6-10(14)8-16-13/h2-6,8H,1H3,(H,16,17). The second kappa shape index (κ2) is 5.52. The zero-order valence-corrected chi connectivity index (χ0v) is 11.2. The summed E-state index contributed by atoms with van der Waals surface area (Å²) in [6.45, 7) is 0. The SMILES string of the molecule is COc1ccc(Nc2ncc(Br)cc2C#N)cc1. The van der Waals surface area contributed by atoms with Crippen molar-refractivity contribution >= 4 is 27.4 Å². The van der Waals surface area contributed by atoms with Crippen molar-refractivity contribution in [1.29, 1.82) is 5.26 Å². The van der Waals surface area contributed by atoms with E-state index in [9.17, 15) is 0 Å². The first-order valence-corrected chi connectivity index (χ1v) is 5.99. The number of hydrogen-bond acceptors (Lipinski definition) is 4. The van der Waals surface area contributed by atoms with Crippen LogP contribution in [0.5, 0.6) is 5.75 Å². The molecule has 0 unspecified atom stereocenters. The molecule has 0 aliphatic heterocycles. The van der Waals surface area contributed by atoms with Gasteiger partial charge in [0.1, 0.15) is 17.6 Å². The Labute approximate surface area is 113 Å². The number of methoxy groups -OCH3 is 1. The first-order valence-electron chi connectivity index (χ1n) is 5.19. The fraction of sp³-hybridized carbons (Fsp3) is 0.0769. The van der Waals surface area contributed by atoms with Gasteiger partial charge < -0.3 is 10.1 Å². The molecule has 0 bridgehead atoms. The fourth-order valence-electron chi connectivity index (χ4n) is 1.44. The van der Waals surface area contributed by atoms with Crippen LogP contribution in [0.3, 0.4) is 0 Å². The molecule has 0 atom stereocenters. The lowest BCUT2D eigenvalue weighted by molar-refractivity contribution is 0.415. The molecule has 2 aromatic rings. The van der Waals surface area contributed by atoms with Gasteiger partial charge in [0.05, 0.1) is 12.7 Å². The summed E-state index contributed by atoms with van der Waals surface area (Å²) in [4.78, 5) is 4.18. The summed E-state index contributed by atoms with van der Waals surface area (Å²) in [5.74, 6) is 1.32. The average molecular weight is 304 g/mol. The zero-order valence-electron chi connectivity index (χ0n) is 9.64. The van der Waals surface area contributed by atoms with Gasteiger partial charge in [-0.15, -0.1) is 0 Å². The maximum atomic E-state index is 9.03. The van der Waals surface area contributed by atoms with Crippen LogP contribution in [0.15, 0.2) is 41.0 Å².